The molecule has 0 radical (unpaired) electrons. The van der Waals surface area contributed by atoms with Gasteiger partial charge in [-0.3, -0.25) is 9.69 Å². The van der Waals surface area contributed by atoms with Crippen molar-refractivity contribution in [2.24, 2.45) is 0 Å². The second-order valence-corrected chi connectivity index (χ2v) is 11.1. The van der Waals surface area contributed by atoms with Crippen LogP contribution in [0.25, 0.3) is 11.1 Å². The van der Waals surface area contributed by atoms with Crippen LogP contribution in [0, 0.1) is 0 Å². The molecule has 0 unspecified atom stereocenters. The maximum atomic E-state index is 13.3. The Morgan fingerprint density at radius 1 is 0.848 bits per heavy atom. The minimum atomic E-state index is -0.419. The molecule has 1 aliphatic carbocycles. The summed E-state index contributed by atoms with van der Waals surface area (Å²) in [4.78, 5) is 15.8. The van der Waals surface area contributed by atoms with Gasteiger partial charge in [-0.1, -0.05) is 30.3 Å². The lowest BCUT2D eigenvalue weighted by Gasteiger charge is -2.50. The topological polar surface area (TPSA) is 38.8 Å². The van der Waals surface area contributed by atoms with Crippen molar-refractivity contribution in [2.75, 3.05) is 39.3 Å². The molecule has 0 N–H and O–H groups in total. The minimum Gasteiger partial charge on any atom is -1.00 e. The van der Waals surface area contributed by atoms with E-state index in [2.05, 4.69) is 56.9 Å². The molecule has 2 aromatic rings. The number of benzene rings is 2. The molecule has 5 nitrogen and oxygen atoms in total. The molecule has 4 saturated heterocycles. The predicted molar refractivity (Wildman–Crippen MR) is 126 cm³/mol. The van der Waals surface area contributed by atoms with E-state index in [1.54, 1.807) is 0 Å². The van der Waals surface area contributed by atoms with E-state index in [9.17, 15) is 4.79 Å². The molecule has 4 fully saturated rings. The second kappa shape index (κ2) is 7.75. The summed E-state index contributed by atoms with van der Waals surface area (Å²) in [6.07, 6.45) is 0. The summed E-state index contributed by atoms with van der Waals surface area (Å²) in [5.41, 5.74) is 5.16. The summed E-state index contributed by atoms with van der Waals surface area (Å²) in [6.45, 7) is 16.6. The zero-order valence-corrected chi connectivity index (χ0v) is 21.6. The Morgan fingerprint density at radius 3 is 2.09 bits per heavy atom. The molecule has 7 rings (SSSR count). The number of ketones is 1. The number of hydrogen-bond donors (Lipinski definition) is 0. The van der Waals surface area contributed by atoms with Crippen LogP contribution in [0.4, 0.5) is 0 Å². The lowest BCUT2D eigenvalue weighted by molar-refractivity contribution is -0.953. The quantitative estimate of drug-likeness (QED) is 0.363. The average molecular weight is 511 g/mol. The minimum absolute atomic E-state index is 0. The first kappa shape index (κ1) is 23.2. The second-order valence-electron chi connectivity index (χ2n) is 11.1. The van der Waals surface area contributed by atoms with Crippen molar-refractivity contribution in [3.8, 4) is 11.1 Å². The van der Waals surface area contributed by atoms with Gasteiger partial charge in [0.1, 0.15) is 6.54 Å². The third kappa shape index (κ3) is 3.64. The van der Waals surface area contributed by atoms with Gasteiger partial charge in [0, 0.05) is 36.3 Å². The fraction of sp³-hybridized carbons (Fsp3) is 0.500. The molecule has 0 atom stereocenters. The molecule has 5 aliphatic rings. The zero-order chi connectivity index (χ0) is 22.3. The molecular weight excluding hydrogens is 479 g/mol. The Hall–Kier alpha value is -1.51. The summed E-state index contributed by atoms with van der Waals surface area (Å²) >= 11 is 0. The van der Waals surface area contributed by atoms with Gasteiger partial charge >= 0.3 is 7.12 Å². The Kier molecular flexibility index (Phi) is 5.46. The number of carbonyl (C=O) groups is 1. The molecule has 174 valence electrons. The van der Waals surface area contributed by atoms with Gasteiger partial charge in [-0.05, 0) is 50.4 Å². The molecule has 0 aromatic heterocycles. The van der Waals surface area contributed by atoms with Gasteiger partial charge in [0.25, 0.3) is 0 Å². The van der Waals surface area contributed by atoms with Crippen LogP contribution in [0.15, 0.2) is 36.4 Å². The van der Waals surface area contributed by atoms with Gasteiger partial charge in [0.2, 0.25) is 0 Å². The van der Waals surface area contributed by atoms with Gasteiger partial charge in [-0.25, -0.2) is 0 Å². The molecule has 2 aromatic carbocycles. The SMILES string of the molecule is CC1(C)OB(c2ccc3c(c2)-c2ccc(C[N+]45CCN(CC4)CC5)cc2C3=O)OC1(C)C.[Br-]. The van der Waals surface area contributed by atoms with E-state index in [0.717, 1.165) is 34.3 Å². The molecule has 0 spiro atoms. The van der Waals surface area contributed by atoms with Crippen molar-refractivity contribution in [1.29, 1.82) is 0 Å². The number of hydrogen-bond acceptors (Lipinski definition) is 4. The number of fused-ring (bicyclic) bond motifs is 6. The first-order valence-electron chi connectivity index (χ1n) is 11.9. The number of nitrogens with zero attached hydrogens (tertiary/aromatic N) is 2. The van der Waals surface area contributed by atoms with Crippen molar-refractivity contribution in [3.05, 3.63) is 53.1 Å². The van der Waals surface area contributed by atoms with Gasteiger partial charge in [0.05, 0.1) is 30.8 Å². The third-order valence-corrected chi connectivity index (χ3v) is 8.62. The highest BCUT2D eigenvalue weighted by atomic mass is 79.9. The Bertz CT molecular complexity index is 1090. The van der Waals surface area contributed by atoms with Crippen molar-refractivity contribution < 1.29 is 35.6 Å². The van der Waals surface area contributed by atoms with Crippen LogP contribution in [0.1, 0.15) is 49.2 Å². The summed E-state index contributed by atoms with van der Waals surface area (Å²) in [5.74, 6) is 0.140. The van der Waals surface area contributed by atoms with E-state index in [-0.39, 0.29) is 34.0 Å². The lowest BCUT2D eigenvalue weighted by Crippen LogP contribution is -3.00. The van der Waals surface area contributed by atoms with Crippen LogP contribution < -0.4 is 22.4 Å². The summed E-state index contributed by atoms with van der Waals surface area (Å²) in [5, 5.41) is 0. The number of quaternary nitrogens is 1. The van der Waals surface area contributed by atoms with Crippen LogP contribution in [-0.2, 0) is 15.9 Å². The third-order valence-electron chi connectivity index (χ3n) is 8.62. The van der Waals surface area contributed by atoms with E-state index < -0.39 is 7.12 Å². The number of piperazine rings is 3. The van der Waals surface area contributed by atoms with Gasteiger partial charge in [0.15, 0.2) is 5.78 Å². The fourth-order valence-corrected chi connectivity index (χ4v) is 5.72. The monoisotopic (exact) mass is 510 g/mol. The molecule has 33 heavy (non-hydrogen) atoms. The van der Waals surface area contributed by atoms with Crippen molar-refractivity contribution in [1.82, 2.24) is 4.90 Å². The molecule has 0 saturated carbocycles. The maximum absolute atomic E-state index is 13.3. The highest BCUT2D eigenvalue weighted by Gasteiger charge is 2.52. The Morgan fingerprint density at radius 2 is 1.45 bits per heavy atom. The lowest BCUT2D eigenvalue weighted by atomic mass is 9.77. The fourth-order valence-electron chi connectivity index (χ4n) is 5.72. The Balaban J connectivity index is 0.00000228. The molecule has 0 amide bonds. The standard InChI is InChI=1S/C26H32BN2O3.BrH/c1-25(2)26(3,4)32-27(31-25)19-6-8-21-22(16-19)20-7-5-18(15-23(20)24(21)30)17-29-12-9-28(10-13-29)11-14-29;/h5-8,15-16H,9-14,17H2,1-4H3;1H/q+1;/p-1. The normalized spacial score (nSPS) is 28.4. The summed E-state index contributed by atoms with van der Waals surface area (Å²) in [7, 11) is -0.419. The van der Waals surface area contributed by atoms with Gasteiger partial charge < -0.3 is 30.8 Å². The van der Waals surface area contributed by atoms with Crippen LogP contribution in [0.3, 0.4) is 0 Å². The smallest absolute Gasteiger partial charge is 0.494 e. The van der Waals surface area contributed by atoms with Crippen LogP contribution in [0.2, 0.25) is 0 Å². The van der Waals surface area contributed by atoms with Crippen LogP contribution in [-0.4, -0.2) is 72.8 Å². The van der Waals surface area contributed by atoms with Crippen molar-refractivity contribution in [2.45, 2.75) is 45.4 Å². The van der Waals surface area contributed by atoms with Crippen molar-refractivity contribution >= 4 is 18.4 Å². The summed E-state index contributed by atoms with van der Waals surface area (Å²) in [6, 6.07) is 12.6. The molecule has 4 heterocycles. The predicted octanol–water partition coefficient (Wildman–Crippen LogP) is -0.153. The highest BCUT2D eigenvalue weighted by molar-refractivity contribution is 6.62. The van der Waals surface area contributed by atoms with E-state index in [0.29, 0.717) is 0 Å². The number of halogens is 1. The maximum Gasteiger partial charge on any atom is 0.494 e. The zero-order valence-electron chi connectivity index (χ0n) is 20.0. The average Bonchev–Trinajstić information content (AvgIpc) is 3.17. The highest BCUT2D eigenvalue weighted by Crippen LogP contribution is 2.39. The largest absolute Gasteiger partial charge is 1.00 e. The van der Waals surface area contributed by atoms with E-state index >= 15 is 0 Å². The first-order valence-corrected chi connectivity index (χ1v) is 11.9. The van der Waals surface area contributed by atoms with Crippen molar-refractivity contribution in [3.63, 3.8) is 0 Å². The number of rotatable bonds is 3. The molecule has 7 heteroatoms. The summed E-state index contributed by atoms with van der Waals surface area (Å²) < 4.78 is 13.7. The Labute approximate surface area is 207 Å². The van der Waals surface area contributed by atoms with Gasteiger partial charge in [-0.15, -0.1) is 0 Å². The first-order chi connectivity index (χ1) is 15.2. The van der Waals surface area contributed by atoms with Gasteiger partial charge in [-0.2, -0.15) is 0 Å². The van der Waals surface area contributed by atoms with E-state index in [4.69, 9.17) is 9.31 Å². The van der Waals surface area contributed by atoms with E-state index in [1.165, 1.54) is 49.3 Å². The van der Waals surface area contributed by atoms with E-state index in [1.807, 2.05) is 12.1 Å². The van der Waals surface area contributed by atoms with Crippen LogP contribution in [0.5, 0.6) is 0 Å². The number of carbonyl (C=O) groups excluding carboxylic acids is 1. The molecular formula is C26H32BBrN2O3. The molecule has 4 aliphatic heterocycles. The van der Waals surface area contributed by atoms with Crippen LogP contribution >= 0.6 is 0 Å². The molecule has 2 bridgehead atoms.